The highest BCUT2D eigenvalue weighted by Crippen LogP contribution is 2.36. The molecule has 72 valence electrons. The Morgan fingerprint density at radius 2 is 1.67 bits per heavy atom. The molecule has 0 aromatic heterocycles. The van der Waals surface area contributed by atoms with Crippen LogP contribution in [0.5, 0.6) is 0 Å². The van der Waals surface area contributed by atoms with Crippen LogP contribution in [0.1, 0.15) is 40.0 Å². The summed E-state index contributed by atoms with van der Waals surface area (Å²) in [6.45, 7) is 7.03. The van der Waals surface area contributed by atoms with Crippen LogP contribution in [-0.2, 0) is 0 Å². The lowest BCUT2D eigenvalue weighted by atomic mass is 9.91. The van der Waals surface area contributed by atoms with Crippen molar-refractivity contribution in [1.82, 2.24) is 5.32 Å². The van der Waals surface area contributed by atoms with Crippen LogP contribution in [0.25, 0.3) is 0 Å². The number of hydrogen-bond acceptors (Lipinski definition) is 1. The van der Waals surface area contributed by atoms with Crippen molar-refractivity contribution in [2.75, 3.05) is 7.05 Å². The Morgan fingerprint density at radius 3 is 2.08 bits per heavy atom. The van der Waals surface area contributed by atoms with Gasteiger partial charge in [0.25, 0.3) is 0 Å². The fourth-order valence-corrected chi connectivity index (χ4v) is 2.35. The van der Waals surface area contributed by atoms with Crippen LogP contribution in [0.2, 0.25) is 0 Å². The van der Waals surface area contributed by atoms with E-state index in [4.69, 9.17) is 0 Å². The summed E-state index contributed by atoms with van der Waals surface area (Å²) in [6, 6.07) is 0.716. The Labute approximate surface area is 76.9 Å². The number of nitrogens with one attached hydrogen (secondary N) is 1. The third-order valence-electron chi connectivity index (χ3n) is 3.62. The molecule has 0 aromatic carbocycles. The summed E-state index contributed by atoms with van der Waals surface area (Å²) in [5.41, 5.74) is 0. The minimum absolute atomic E-state index is 0.716. The van der Waals surface area contributed by atoms with Crippen LogP contribution in [-0.4, -0.2) is 13.1 Å². The van der Waals surface area contributed by atoms with Crippen LogP contribution in [0.15, 0.2) is 0 Å². The molecule has 1 aliphatic carbocycles. The highest BCUT2D eigenvalue weighted by Gasteiger charge is 2.29. The molecule has 0 aromatic rings. The summed E-state index contributed by atoms with van der Waals surface area (Å²) in [5, 5.41) is 3.37. The average Bonchev–Trinajstić information content (AvgIpc) is 2.51. The minimum atomic E-state index is 0.716. The molecule has 0 saturated heterocycles. The van der Waals surface area contributed by atoms with Crippen molar-refractivity contribution in [3.63, 3.8) is 0 Å². The number of rotatable bonds is 3. The molecule has 0 bridgehead atoms. The molecule has 1 nitrogen and oxygen atoms in total. The minimum Gasteiger partial charge on any atom is -0.317 e. The second-order valence-electron chi connectivity index (χ2n) is 4.65. The van der Waals surface area contributed by atoms with E-state index in [-0.39, 0.29) is 0 Å². The summed E-state index contributed by atoms with van der Waals surface area (Å²) in [6.07, 6.45) is 4.33. The molecule has 1 N–H and O–H groups in total. The van der Waals surface area contributed by atoms with Gasteiger partial charge in [0.1, 0.15) is 0 Å². The molecule has 3 unspecified atom stereocenters. The summed E-state index contributed by atoms with van der Waals surface area (Å²) < 4.78 is 0. The van der Waals surface area contributed by atoms with Gasteiger partial charge in [0.15, 0.2) is 0 Å². The van der Waals surface area contributed by atoms with E-state index in [9.17, 15) is 0 Å². The standard InChI is InChI=1S/C11H23N/c1-8(2)10-5-6-11(7-10)9(3)12-4/h8-12H,5-7H2,1-4H3. The molecule has 1 heteroatoms. The van der Waals surface area contributed by atoms with Gasteiger partial charge in [0.2, 0.25) is 0 Å². The van der Waals surface area contributed by atoms with Gasteiger partial charge in [-0.2, -0.15) is 0 Å². The molecular formula is C11H23N. The van der Waals surface area contributed by atoms with Gasteiger partial charge in [-0.15, -0.1) is 0 Å². The second kappa shape index (κ2) is 4.27. The van der Waals surface area contributed by atoms with Crippen molar-refractivity contribution in [3.8, 4) is 0 Å². The molecule has 0 aliphatic heterocycles. The maximum atomic E-state index is 3.37. The van der Waals surface area contributed by atoms with Crippen molar-refractivity contribution >= 4 is 0 Å². The second-order valence-corrected chi connectivity index (χ2v) is 4.65. The lowest BCUT2D eigenvalue weighted by Crippen LogP contribution is -2.29. The third-order valence-corrected chi connectivity index (χ3v) is 3.62. The summed E-state index contributed by atoms with van der Waals surface area (Å²) >= 11 is 0. The van der Waals surface area contributed by atoms with Crippen LogP contribution < -0.4 is 5.32 Å². The van der Waals surface area contributed by atoms with E-state index < -0.39 is 0 Å². The van der Waals surface area contributed by atoms with Gasteiger partial charge in [0, 0.05) is 6.04 Å². The molecule has 1 aliphatic rings. The van der Waals surface area contributed by atoms with E-state index >= 15 is 0 Å². The molecule has 12 heavy (non-hydrogen) atoms. The Bertz CT molecular complexity index is 131. The summed E-state index contributed by atoms with van der Waals surface area (Å²) in [4.78, 5) is 0. The van der Waals surface area contributed by atoms with Gasteiger partial charge in [-0.25, -0.2) is 0 Å². The molecule has 0 radical (unpaired) electrons. The van der Waals surface area contributed by atoms with E-state index in [2.05, 4.69) is 33.1 Å². The summed E-state index contributed by atoms with van der Waals surface area (Å²) in [5.74, 6) is 2.81. The lowest BCUT2D eigenvalue weighted by molar-refractivity contribution is 0.347. The Balaban J connectivity index is 2.35. The SMILES string of the molecule is CNC(C)C1CCC(C(C)C)C1. The highest BCUT2D eigenvalue weighted by atomic mass is 14.9. The predicted molar refractivity (Wildman–Crippen MR) is 54.2 cm³/mol. The van der Waals surface area contributed by atoms with E-state index in [1.165, 1.54) is 19.3 Å². The van der Waals surface area contributed by atoms with Crippen LogP contribution in [0.4, 0.5) is 0 Å². The van der Waals surface area contributed by atoms with E-state index in [1.54, 1.807) is 0 Å². The van der Waals surface area contributed by atoms with Crippen LogP contribution in [0.3, 0.4) is 0 Å². The summed E-state index contributed by atoms with van der Waals surface area (Å²) in [7, 11) is 2.08. The van der Waals surface area contributed by atoms with E-state index in [1.807, 2.05) is 0 Å². The molecule has 1 fully saturated rings. The highest BCUT2D eigenvalue weighted by molar-refractivity contribution is 4.82. The molecule has 3 atom stereocenters. The van der Waals surface area contributed by atoms with Crippen molar-refractivity contribution in [1.29, 1.82) is 0 Å². The lowest BCUT2D eigenvalue weighted by Gasteiger charge is -2.19. The average molecular weight is 169 g/mol. The molecular weight excluding hydrogens is 146 g/mol. The maximum absolute atomic E-state index is 3.37. The quantitative estimate of drug-likeness (QED) is 0.685. The smallest absolute Gasteiger partial charge is 0.00641 e. The van der Waals surface area contributed by atoms with Gasteiger partial charge in [0.05, 0.1) is 0 Å². The largest absolute Gasteiger partial charge is 0.317 e. The van der Waals surface area contributed by atoms with Gasteiger partial charge >= 0.3 is 0 Å². The molecule has 0 spiro atoms. The zero-order valence-corrected chi connectivity index (χ0v) is 8.93. The monoisotopic (exact) mass is 169 g/mol. The van der Waals surface area contributed by atoms with Crippen LogP contribution >= 0.6 is 0 Å². The predicted octanol–water partition coefficient (Wildman–Crippen LogP) is 2.67. The topological polar surface area (TPSA) is 12.0 Å². The van der Waals surface area contributed by atoms with E-state index in [0.717, 1.165) is 17.8 Å². The first kappa shape index (κ1) is 10.0. The maximum Gasteiger partial charge on any atom is 0.00641 e. The third kappa shape index (κ3) is 2.22. The first-order chi connectivity index (χ1) is 5.65. The van der Waals surface area contributed by atoms with Crippen molar-refractivity contribution in [3.05, 3.63) is 0 Å². The van der Waals surface area contributed by atoms with Crippen molar-refractivity contribution < 1.29 is 0 Å². The Kier molecular flexibility index (Phi) is 3.57. The number of hydrogen-bond donors (Lipinski definition) is 1. The van der Waals surface area contributed by atoms with Gasteiger partial charge in [-0.1, -0.05) is 13.8 Å². The van der Waals surface area contributed by atoms with Crippen LogP contribution in [0, 0.1) is 17.8 Å². The first-order valence-electron chi connectivity index (χ1n) is 5.32. The first-order valence-corrected chi connectivity index (χ1v) is 5.32. The normalized spacial score (nSPS) is 32.8. The van der Waals surface area contributed by atoms with Crippen molar-refractivity contribution in [2.24, 2.45) is 17.8 Å². The Hall–Kier alpha value is -0.0400. The molecule has 0 heterocycles. The zero-order valence-electron chi connectivity index (χ0n) is 8.93. The molecule has 1 saturated carbocycles. The van der Waals surface area contributed by atoms with Gasteiger partial charge in [-0.3, -0.25) is 0 Å². The molecule has 1 rings (SSSR count). The van der Waals surface area contributed by atoms with E-state index in [0.29, 0.717) is 6.04 Å². The fourth-order valence-electron chi connectivity index (χ4n) is 2.35. The Morgan fingerprint density at radius 1 is 1.08 bits per heavy atom. The van der Waals surface area contributed by atoms with Crippen molar-refractivity contribution in [2.45, 2.75) is 46.1 Å². The molecule has 0 amide bonds. The van der Waals surface area contributed by atoms with Gasteiger partial charge < -0.3 is 5.32 Å². The zero-order chi connectivity index (χ0) is 9.14. The van der Waals surface area contributed by atoms with Gasteiger partial charge in [-0.05, 0) is 51.0 Å². The fraction of sp³-hybridized carbons (Fsp3) is 1.00.